The van der Waals surface area contributed by atoms with E-state index in [-0.39, 0.29) is 12.1 Å². The van der Waals surface area contributed by atoms with Gasteiger partial charge in [0.25, 0.3) is 0 Å². The van der Waals surface area contributed by atoms with Gasteiger partial charge in [0.05, 0.1) is 5.56 Å². The van der Waals surface area contributed by atoms with Crippen LogP contribution in [0.2, 0.25) is 0 Å². The van der Waals surface area contributed by atoms with Crippen LogP contribution in [0.3, 0.4) is 0 Å². The molecule has 1 amide bonds. The normalized spacial score (nSPS) is 9.80. The third-order valence-electron chi connectivity index (χ3n) is 2.56. The summed E-state index contributed by atoms with van der Waals surface area (Å²) in [7, 11) is 0. The Morgan fingerprint density at radius 2 is 1.80 bits per heavy atom. The molecule has 5 heteroatoms. The summed E-state index contributed by atoms with van der Waals surface area (Å²) in [4.78, 5) is 22.4. The lowest BCUT2D eigenvalue weighted by Gasteiger charge is -2.07. The van der Waals surface area contributed by atoms with E-state index >= 15 is 0 Å². The van der Waals surface area contributed by atoms with E-state index in [1.54, 1.807) is 36.4 Å². The molecule has 0 heterocycles. The first kappa shape index (κ1) is 13.6. The Kier molecular flexibility index (Phi) is 4.34. The number of benzene rings is 2. The highest BCUT2D eigenvalue weighted by atomic mass is 16.6. The van der Waals surface area contributed by atoms with E-state index in [1.165, 1.54) is 12.1 Å². The number of carboxylic acids is 1. The molecule has 0 spiro atoms. The Hall–Kier alpha value is -2.82. The molecule has 2 rings (SSSR count). The van der Waals surface area contributed by atoms with Crippen LogP contribution in [0.15, 0.2) is 54.6 Å². The van der Waals surface area contributed by atoms with Crippen molar-refractivity contribution in [2.45, 2.75) is 6.54 Å². The number of amides is 1. The third-order valence-corrected chi connectivity index (χ3v) is 2.56. The molecular weight excluding hydrogens is 258 g/mol. The van der Waals surface area contributed by atoms with Crippen LogP contribution in [-0.2, 0) is 6.54 Å². The Balaban J connectivity index is 1.90. The standard InChI is InChI=1S/C15H13NO4/c17-14(18)12-6-4-5-11(9-12)10-16-15(19)20-13-7-2-1-3-8-13/h1-9H,10H2,(H,16,19)(H,17,18). The summed E-state index contributed by atoms with van der Waals surface area (Å²) in [5.41, 5.74) is 0.871. The van der Waals surface area contributed by atoms with Gasteiger partial charge < -0.3 is 15.2 Å². The second-order valence-electron chi connectivity index (χ2n) is 4.06. The average molecular weight is 271 g/mol. The smallest absolute Gasteiger partial charge is 0.412 e. The van der Waals surface area contributed by atoms with Gasteiger partial charge in [0.2, 0.25) is 0 Å². The first-order chi connectivity index (χ1) is 9.65. The van der Waals surface area contributed by atoms with Crippen molar-refractivity contribution in [2.24, 2.45) is 0 Å². The monoisotopic (exact) mass is 271 g/mol. The molecule has 0 aliphatic rings. The third kappa shape index (κ3) is 3.84. The lowest BCUT2D eigenvalue weighted by atomic mass is 10.1. The quantitative estimate of drug-likeness (QED) is 0.896. The Bertz CT molecular complexity index is 610. The zero-order chi connectivity index (χ0) is 14.4. The first-order valence-corrected chi connectivity index (χ1v) is 5.98. The van der Waals surface area contributed by atoms with Gasteiger partial charge >= 0.3 is 12.1 Å². The van der Waals surface area contributed by atoms with Crippen LogP contribution < -0.4 is 10.1 Å². The van der Waals surface area contributed by atoms with Crippen LogP contribution in [-0.4, -0.2) is 17.2 Å². The molecule has 0 aliphatic heterocycles. The van der Waals surface area contributed by atoms with Crippen LogP contribution in [0, 0.1) is 0 Å². The van der Waals surface area contributed by atoms with Crippen LogP contribution in [0.5, 0.6) is 5.75 Å². The highest BCUT2D eigenvalue weighted by Gasteiger charge is 2.06. The SMILES string of the molecule is O=C(NCc1cccc(C(=O)O)c1)Oc1ccccc1. The molecule has 0 atom stereocenters. The van der Waals surface area contributed by atoms with Gasteiger partial charge in [-0.2, -0.15) is 0 Å². The van der Waals surface area contributed by atoms with Gasteiger partial charge in [-0.25, -0.2) is 9.59 Å². The van der Waals surface area contributed by atoms with Gasteiger partial charge in [-0.3, -0.25) is 0 Å². The minimum absolute atomic E-state index is 0.181. The van der Waals surface area contributed by atoms with Crippen molar-refractivity contribution in [1.82, 2.24) is 5.32 Å². The maximum Gasteiger partial charge on any atom is 0.412 e. The molecule has 2 N–H and O–H groups in total. The molecule has 2 aromatic rings. The number of carbonyl (C=O) groups excluding carboxylic acids is 1. The average Bonchev–Trinajstić information content (AvgIpc) is 2.46. The maximum absolute atomic E-state index is 11.6. The van der Waals surface area contributed by atoms with E-state index in [9.17, 15) is 9.59 Å². The topological polar surface area (TPSA) is 75.6 Å². The van der Waals surface area contributed by atoms with Crippen LogP contribution in [0.4, 0.5) is 4.79 Å². The zero-order valence-corrected chi connectivity index (χ0v) is 10.6. The van der Waals surface area contributed by atoms with E-state index < -0.39 is 12.1 Å². The van der Waals surface area contributed by atoms with Gasteiger partial charge in [0, 0.05) is 6.54 Å². The van der Waals surface area contributed by atoms with Crippen molar-refractivity contribution in [2.75, 3.05) is 0 Å². The molecule has 20 heavy (non-hydrogen) atoms. The molecule has 0 radical (unpaired) electrons. The Morgan fingerprint density at radius 3 is 2.50 bits per heavy atom. The minimum Gasteiger partial charge on any atom is -0.478 e. The number of carboxylic acid groups (broad SMARTS) is 1. The highest BCUT2D eigenvalue weighted by molar-refractivity contribution is 5.87. The van der Waals surface area contributed by atoms with Crippen molar-refractivity contribution in [3.05, 3.63) is 65.7 Å². The number of nitrogens with one attached hydrogen (secondary N) is 1. The molecule has 2 aromatic carbocycles. The molecule has 0 aliphatic carbocycles. The summed E-state index contributed by atoms with van der Waals surface area (Å²) in [6, 6.07) is 15.0. The fraction of sp³-hybridized carbons (Fsp3) is 0.0667. The lowest BCUT2D eigenvalue weighted by Crippen LogP contribution is -2.26. The van der Waals surface area contributed by atoms with Crippen LogP contribution >= 0.6 is 0 Å². The zero-order valence-electron chi connectivity index (χ0n) is 10.6. The number of hydrogen-bond donors (Lipinski definition) is 2. The molecule has 102 valence electrons. The highest BCUT2D eigenvalue weighted by Crippen LogP contribution is 2.09. The van der Waals surface area contributed by atoms with Crippen molar-refractivity contribution < 1.29 is 19.4 Å². The molecular formula is C15H13NO4. The van der Waals surface area contributed by atoms with Gasteiger partial charge in [-0.1, -0.05) is 30.3 Å². The molecule has 0 unspecified atom stereocenters. The number of aromatic carboxylic acids is 1. The molecule has 0 bridgehead atoms. The molecule has 0 aromatic heterocycles. The number of carbonyl (C=O) groups is 2. The van der Waals surface area contributed by atoms with E-state index in [2.05, 4.69) is 5.32 Å². The summed E-state index contributed by atoms with van der Waals surface area (Å²) in [6.07, 6.45) is -0.586. The number of ether oxygens (including phenoxy) is 1. The summed E-state index contributed by atoms with van der Waals surface area (Å²) in [5, 5.41) is 11.4. The Labute approximate surface area is 115 Å². The van der Waals surface area contributed by atoms with E-state index in [1.807, 2.05) is 6.07 Å². The first-order valence-electron chi connectivity index (χ1n) is 5.98. The molecule has 0 fully saturated rings. The fourth-order valence-corrected chi connectivity index (χ4v) is 1.62. The second-order valence-corrected chi connectivity index (χ2v) is 4.06. The largest absolute Gasteiger partial charge is 0.478 e. The van der Waals surface area contributed by atoms with Gasteiger partial charge in [-0.05, 0) is 29.8 Å². The lowest BCUT2D eigenvalue weighted by molar-refractivity contribution is 0.0696. The van der Waals surface area contributed by atoms with Crippen LogP contribution in [0.1, 0.15) is 15.9 Å². The maximum atomic E-state index is 11.6. The predicted octanol–water partition coefficient (Wildman–Crippen LogP) is 2.67. The second kappa shape index (κ2) is 6.38. The summed E-state index contributed by atoms with van der Waals surface area (Å²) in [6.45, 7) is 0.201. The number of hydrogen-bond acceptors (Lipinski definition) is 3. The van der Waals surface area contributed by atoms with E-state index in [0.717, 1.165) is 0 Å². The van der Waals surface area contributed by atoms with Crippen LogP contribution in [0.25, 0.3) is 0 Å². The number of para-hydroxylation sites is 1. The Morgan fingerprint density at radius 1 is 1.05 bits per heavy atom. The molecule has 0 saturated heterocycles. The number of rotatable bonds is 4. The molecule has 0 saturated carbocycles. The minimum atomic E-state index is -1.00. The summed E-state index contributed by atoms with van der Waals surface area (Å²) in [5.74, 6) is -0.553. The van der Waals surface area contributed by atoms with Gasteiger partial charge in [0.15, 0.2) is 0 Å². The summed E-state index contributed by atoms with van der Waals surface area (Å²) >= 11 is 0. The van der Waals surface area contributed by atoms with E-state index in [4.69, 9.17) is 9.84 Å². The van der Waals surface area contributed by atoms with Crippen molar-refractivity contribution in [1.29, 1.82) is 0 Å². The summed E-state index contributed by atoms with van der Waals surface area (Å²) < 4.78 is 5.05. The van der Waals surface area contributed by atoms with Crippen molar-refractivity contribution >= 4 is 12.1 Å². The van der Waals surface area contributed by atoms with Gasteiger partial charge in [-0.15, -0.1) is 0 Å². The predicted molar refractivity (Wildman–Crippen MR) is 72.7 cm³/mol. The van der Waals surface area contributed by atoms with Crippen molar-refractivity contribution in [3.8, 4) is 5.75 Å². The van der Waals surface area contributed by atoms with Gasteiger partial charge in [0.1, 0.15) is 5.75 Å². The fourth-order valence-electron chi connectivity index (χ4n) is 1.62. The van der Waals surface area contributed by atoms with Crippen molar-refractivity contribution in [3.63, 3.8) is 0 Å². The molecule has 5 nitrogen and oxygen atoms in total. The van der Waals surface area contributed by atoms with E-state index in [0.29, 0.717) is 11.3 Å².